The van der Waals surface area contributed by atoms with E-state index < -0.39 is 0 Å². The van der Waals surface area contributed by atoms with E-state index in [4.69, 9.17) is 5.84 Å². The van der Waals surface area contributed by atoms with Crippen molar-refractivity contribution in [3.8, 4) is 0 Å². The molecule has 3 atom stereocenters. The largest absolute Gasteiger partial charge is 0.271 e. The summed E-state index contributed by atoms with van der Waals surface area (Å²) in [5.74, 6) is 8.41. The van der Waals surface area contributed by atoms with Gasteiger partial charge in [0.25, 0.3) is 0 Å². The van der Waals surface area contributed by atoms with Gasteiger partial charge in [-0.25, -0.2) is 0 Å². The Balaban J connectivity index is 1.76. The number of nitrogens with two attached hydrogens (primary N) is 1. The van der Waals surface area contributed by atoms with Gasteiger partial charge in [0.1, 0.15) is 0 Å². The molecule has 2 aliphatic carbocycles. The number of nitrogens with one attached hydrogen (secondary N) is 1. The maximum atomic E-state index is 5.87. The van der Waals surface area contributed by atoms with E-state index in [2.05, 4.69) is 34.7 Å². The molecule has 1 aromatic heterocycles. The summed E-state index contributed by atoms with van der Waals surface area (Å²) in [4.78, 5) is 4.21. The number of nitrogens with zero attached hydrogens (tertiary/aromatic N) is 1. The smallest absolute Gasteiger partial charge is 0.0499 e. The van der Waals surface area contributed by atoms with Gasteiger partial charge in [0, 0.05) is 23.8 Å². The number of rotatable bonds is 3. The lowest BCUT2D eigenvalue weighted by molar-refractivity contribution is 0.427. The summed E-state index contributed by atoms with van der Waals surface area (Å²) in [6.45, 7) is 0. The molecule has 0 amide bonds. The van der Waals surface area contributed by atoms with Crippen molar-refractivity contribution in [1.29, 1.82) is 0 Å². The van der Waals surface area contributed by atoms with Crippen LogP contribution in [0.1, 0.15) is 30.9 Å². The highest BCUT2D eigenvalue weighted by atomic mass is 15.2. The molecule has 3 N–H and O–H groups in total. The van der Waals surface area contributed by atoms with E-state index in [-0.39, 0.29) is 0 Å². The summed E-state index contributed by atoms with van der Waals surface area (Å²) in [5, 5.41) is 2.48. The number of fused-ring (bicyclic) bond motifs is 2. The van der Waals surface area contributed by atoms with Crippen LogP contribution in [0.4, 0.5) is 0 Å². The van der Waals surface area contributed by atoms with Gasteiger partial charge in [0.2, 0.25) is 0 Å². The van der Waals surface area contributed by atoms with Crippen molar-refractivity contribution in [2.45, 2.75) is 25.3 Å². The molecule has 4 rings (SSSR count). The lowest BCUT2D eigenvalue weighted by atomic mass is 9.94. The molecule has 0 saturated heterocycles. The Morgan fingerprint density at radius 1 is 1.21 bits per heavy atom. The van der Waals surface area contributed by atoms with Crippen molar-refractivity contribution >= 4 is 10.8 Å². The monoisotopic (exact) mass is 253 g/mol. The fraction of sp³-hybridized carbons (Fsp3) is 0.438. The van der Waals surface area contributed by atoms with Gasteiger partial charge in [-0.3, -0.25) is 16.3 Å². The number of pyridine rings is 1. The van der Waals surface area contributed by atoms with Crippen molar-refractivity contribution in [3.63, 3.8) is 0 Å². The molecule has 0 radical (unpaired) electrons. The lowest BCUT2D eigenvalue weighted by Gasteiger charge is -2.20. The Labute approximate surface area is 113 Å². The first-order valence-electron chi connectivity index (χ1n) is 7.19. The van der Waals surface area contributed by atoms with Gasteiger partial charge in [-0.1, -0.05) is 24.6 Å². The van der Waals surface area contributed by atoms with Crippen LogP contribution in [0.5, 0.6) is 0 Å². The zero-order valence-electron chi connectivity index (χ0n) is 10.9. The van der Waals surface area contributed by atoms with E-state index in [1.54, 1.807) is 0 Å². The van der Waals surface area contributed by atoms with Gasteiger partial charge in [-0.15, -0.1) is 0 Å². The minimum Gasteiger partial charge on any atom is -0.271 e. The highest BCUT2D eigenvalue weighted by molar-refractivity contribution is 5.85. The molecule has 2 saturated carbocycles. The maximum absolute atomic E-state index is 5.87. The lowest BCUT2D eigenvalue weighted by Crippen LogP contribution is -2.30. The van der Waals surface area contributed by atoms with Crippen LogP contribution in [0, 0.1) is 17.8 Å². The van der Waals surface area contributed by atoms with Crippen molar-refractivity contribution < 1.29 is 0 Å². The minimum atomic E-state index is 0.293. The van der Waals surface area contributed by atoms with Crippen LogP contribution >= 0.6 is 0 Å². The van der Waals surface area contributed by atoms with Crippen LogP contribution < -0.4 is 11.3 Å². The minimum absolute atomic E-state index is 0.293. The van der Waals surface area contributed by atoms with Crippen LogP contribution in [0.15, 0.2) is 36.7 Å². The van der Waals surface area contributed by atoms with E-state index in [1.165, 1.54) is 35.6 Å². The quantitative estimate of drug-likeness (QED) is 0.653. The molecule has 2 fully saturated rings. The zero-order chi connectivity index (χ0) is 12.8. The first-order valence-corrected chi connectivity index (χ1v) is 7.19. The molecule has 0 bridgehead atoms. The first-order chi connectivity index (χ1) is 9.40. The van der Waals surface area contributed by atoms with Gasteiger partial charge in [-0.2, -0.15) is 0 Å². The Morgan fingerprint density at radius 3 is 2.84 bits per heavy atom. The third-order valence-electron chi connectivity index (χ3n) is 5.09. The van der Waals surface area contributed by atoms with Gasteiger partial charge < -0.3 is 0 Å². The molecule has 2 aromatic rings. The molecule has 0 spiro atoms. The van der Waals surface area contributed by atoms with E-state index in [0.29, 0.717) is 6.04 Å². The standard InChI is InChI=1S/C16H19N3/c17-19-16(15-12-4-2-5-13(12)15)14-6-1-3-10-9-18-8-7-11(10)14/h1,3,6-9,12-13,15-16,19H,2,4-5,17H2. The molecular weight excluding hydrogens is 234 g/mol. The number of hydrogen-bond donors (Lipinski definition) is 2. The van der Waals surface area contributed by atoms with Crippen LogP contribution in [0.3, 0.4) is 0 Å². The van der Waals surface area contributed by atoms with E-state index in [9.17, 15) is 0 Å². The van der Waals surface area contributed by atoms with Gasteiger partial charge in [-0.05, 0) is 47.6 Å². The van der Waals surface area contributed by atoms with Crippen molar-refractivity contribution in [1.82, 2.24) is 10.4 Å². The number of hydrogen-bond acceptors (Lipinski definition) is 3. The van der Waals surface area contributed by atoms with Crippen molar-refractivity contribution in [2.75, 3.05) is 0 Å². The summed E-state index contributed by atoms with van der Waals surface area (Å²) in [6.07, 6.45) is 7.98. The summed E-state index contributed by atoms with van der Waals surface area (Å²) in [7, 11) is 0. The molecule has 0 aliphatic heterocycles. The van der Waals surface area contributed by atoms with Crippen LogP contribution in [0.2, 0.25) is 0 Å². The molecule has 2 aliphatic rings. The Morgan fingerprint density at radius 2 is 2.05 bits per heavy atom. The normalized spacial score (nSPS) is 30.3. The molecule has 3 nitrogen and oxygen atoms in total. The summed E-state index contributed by atoms with van der Waals surface area (Å²) in [5.41, 5.74) is 4.42. The third kappa shape index (κ3) is 1.69. The fourth-order valence-corrected chi connectivity index (χ4v) is 4.20. The topological polar surface area (TPSA) is 50.9 Å². The molecule has 3 unspecified atom stereocenters. The summed E-state index contributed by atoms with van der Waals surface area (Å²) < 4.78 is 0. The van der Waals surface area contributed by atoms with Crippen molar-refractivity contribution in [2.24, 2.45) is 23.6 Å². The maximum Gasteiger partial charge on any atom is 0.0499 e. The fourth-order valence-electron chi connectivity index (χ4n) is 4.20. The molecule has 1 aromatic carbocycles. The molecule has 3 heteroatoms. The van der Waals surface area contributed by atoms with Gasteiger partial charge in [0.15, 0.2) is 0 Å². The van der Waals surface area contributed by atoms with E-state index in [1.807, 2.05) is 12.4 Å². The molecular formula is C16H19N3. The second-order valence-electron chi connectivity index (χ2n) is 5.92. The molecule has 98 valence electrons. The summed E-state index contributed by atoms with van der Waals surface area (Å²) >= 11 is 0. The molecule has 1 heterocycles. The SMILES string of the molecule is NNC(c1cccc2cnccc12)C1C2CCCC21. The number of aromatic nitrogens is 1. The van der Waals surface area contributed by atoms with Gasteiger partial charge >= 0.3 is 0 Å². The molecule has 19 heavy (non-hydrogen) atoms. The Bertz CT molecular complexity index is 594. The van der Waals surface area contributed by atoms with Crippen molar-refractivity contribution in [3.05, 3.63) is 42.2 Å². The average Bonchev–Trinajstić information content (AvgIpc) is 2.93. The predicted octanol–water partition coefficient (Wildman–Crippen LogP) is 2.79. The zero-order valence-corrected chi connectivity index (χ0v) is 10.9. The Hall–Kier alpha value is -1.45. The third-order valence-corrected chi connectivity index (χ3v) is 5.09. The summed E-state index contributed by atoms with van der Waals surface area (Å²) in [6, 6.07) is 8.84. The van der Waals surface area contributed by atoms with E-state index in [0.717, 1.165) is 17.8 Å². The predicted molar refractivity (Wildman–Crippen MR) is 76.1 cm³/mol. The Kier molecular flexibility index (Phi) is 2.57. The van der Waals surface area contributed by atoms with Crippen LogP contribution in [-0.2, 0) is 0 Å². The highest BCUT2D eigenvalue weighted by Crippen LogP contribution is 2.62. The average molecular weight is 253 g/mol. The van der Waals surface area contributed by atoms with Crippen LogP contribution in [0.25, 0.3) is 10.8 Å². The van der Waals surface area contributed by atoms with Crippen LogP contribution in [-0.4, -0.2) is 4.98 Å². The van der Waals surface area contributed by atoms with Gasteiger partial charge in [0.05, 0.1) is 0 Å². The van der Waals surface area contributed by atoms with E-state index >= 15 is 0 Å². The number of hydrazine groups is 1. The highest BCUT2D eigenvalue weighted by Gasteiger charge is 2.56. The number of benzene rings is 1. The second-order valence-corrected chi connectivity index (χ2v) is 5.92. The first kappa shape index (κ1) is 11.4. The second kappa shape index (κ2) is 4.29.